The van der Waals surface area contributed by atoms with Crippen LogP contribution < -0.4 is 5.32 Å². The van der Waals surface area contributed by atoms with Gasteiger partial charge in [-0.2, -0.15) is 0 Å². The topological polar surface area (TPSA) is 102 Å². The SMILES string of the molecule is C=CCN(CC(=O)Nc1sc(C(=O)OC)c(C)c1C(=O)OC)C(C)=O. The zero-order chi connectivity index (χ0) is 19.1. The molecular weight excluding hydrogens is 348 g/mol. The van der Waals surface area contributed by atoms with Crippen molar-refractivity contribution in [1.82, 2.24) is 4.90 Å². The van der Waals surface area contributed by atoms with Gasteiger partial charge in [-0.25, -0.2) is 9.59 Å². The molecule has 25 heavy (non-hydrogen) atoms. The fourth-order valence-electron chi connectivity index (χ4n) is 2.04. The number of nitrogens with zero attached hydrogens (tertiary/aromatic N) is 1. The van der Waals surface area contributed by atoms with Crippen molar-refractivity contribution in [3.63, 3.8) is 0 Å². The standard InChI is InChI=1S/C16H20N2O6S/c1-6-7-18(10(3)19)8-11(20)17-14-12(15(21)23-4)9(2)13(25-14)16(22)24-5/h6H,1,7-8H2,2-5H3,(H,17,20). The van der Waals surface area contributed by atoms with Gasteiger partial charge in [-0.05, 0) is 12.5 Å². The Balaban J connectivity index is 3.13. The molecule has 0 atom stereocenters. The molecular formula is C16H20N2O6S. The Morgan fingerprint density at radius 2 is 1.80 bits per heavy atom. The zero-order valence-electron chi connectivity index (χ0n) is 14.5. The highest BCUT2D eigenvalue weighted by Gasteiger charge is 2.27. The molecule has 0 radical (unpaired) electrons. The lowest BCUT2D eigenvalue weighted by atomic mass is 10.1. The van der Waals surface area contributed by atoms with E-state index in [0.29, 0.717) is 5.56 Å². The van der Waals surface area contributed by atoms with Gasteiger partial charge in [0.1, 0.15) is 16.4 Å². The second-order valence-corrected chi connectivity index (χ2v) is 6.00. The lowest BCUT2D eigenvalue weighted by molar-refractivity contribution is -0.132. The molecule has 8 nitrogen and oxygen atoms in total. The van der Waals surface area contributed by atoms with Crippen LogP contribution >= 0.6 is 11.3 Å². The molecule has 1 heterocycles. The largest absolute Gasteiger partial charge is 0.465 e. The summed E-state index contributed by atoms with van der Waals surface area (Å²) in [5, 5.41) is 2.72. The van der Waals surface area contributed by atoms with Crippen LogP contribution in [0.4, 0.5) is 5.00 Å². The molecule has 0 aliphatic heterocycles. The average Bonchev–Trinajstić information content (AvgIpc) is 2.89. The molecule has 0 spiro atoms. The smallest absolute Gasteiger partial charge is 0.348 e. The average molecular weight is 368 g/mol. The van der Waals surface area contributed by atoms with Crippen LogP contribution in [-0.4, -0.2) is 56.0 Å². The Morgan fingerprint density at radius 1 is 1.20 bits per heavy atom. The highest BCUT2D eigenvalue weighted by Crippen LogP contribution is 2.34. The molecule has 1 rings (SSSR count). The molecule has 9 heteroatoms. The molecule has 1 N–H and O–H groups in total. The van der Waals surface area contributed by atoms with Crippen LogP contribution in [0.2, 0.25) is 0 Å². The summed E-state index contributed by atoms with van der Waals surface area (Å²) in [6.07, 6.45) is 1.50. The van der Waals surface area contributed by atoms with E-state index >= 15 is 0 Å². The Morgan fingerprint density at radius 3 is 2.28 bits per heavy atom. The van der Waals surface area contributed by atoms with Crippen molar-refractivity contribution >= 4 is 40.1 Å². The number of rotatable bonds is 7. The number of methoxy groups -OCH3 is 2. The Kier molecular flexibility index (Phi) is 7.31. The molecule has 1 aromatic heterocycles. The van der Waals surface area contributed by atoms with Crippen LogP contribution in [0.15, 0.2) is 12.7 Å². The van der Waals surface area contributed by atoms with Crippen LogP contribution in [-0.2, 0) is 19.1 Å². The minimum atomic E-state index is -0.686. The van der Waals surface area contributed by atoms with Crippen molar-refractivity contribution in [2.24, 2.45) is 0 Å². The highest BCUT2D eigenvalue weighted by molar-refractivity contribution is 7.18. The first-order valence-corrected chi connectivity index (χ1v) is 8.04. The Bertz CT molecular complexity index is 710. The molecule has 136 valence electrons. The van der Waals surface area contributed by atoms with Crippen molar-refractivity contribution in [2.75, 3.05) is 32.6 Å². The van der Waals surface area contributed by atoms with Crippen molar-refractivity contribution in [3.8, 4) is 0 Å². The van der Waals surface area contributed by atoms with Gasteiger partial charge >= 0.3 is 11.9 Å². The monoisotopic (exact) mass is 368 g/mol. The van der Waals surface area contributed by atoms with E-state index in [1.54, 1.807) is 6.92 Å². The lowest BCUT2D eigenvalue weighted by Gasteiger charge is -2.18. The zero-order valence-corrected chi connectivity index (χ0v) is 15.3. The number of nitrogens with one attached hydrogen (secondary N) is 1. The summed E-state index contributed by atoms with van der Waals surface area (Å²) in [6.45, 7) is 6.42. The number of hydrogen-bond donors (Lipinski definition) is 1. The van der Waals surface area contributed by atoms with E-state index in [1.165, 1.54) is 32.1 Å². The van der Waals surface area contributed by atoms with E-state index in [-0.39, 0.29) is 34.4 Å². The van der Waals surface area contributed by atoms with E-state index in [0.717, 1.165) is 11.3 Å². The molecule has 0 bridgehead atoms. The van der Waals surface area contributed by atoms with Crippen LogP contribution in [0.3, 0.4) is 0 Å². The molecule has 2 amide bonds. The number of ether oxygens (including phenoxy) is 2. The molecule has 0 aliphatic rings. The van der Waals surface area contributed by atoms with Gasteiger partial charge in [-0.15, -0.1) is 17.9 Å². The number of thiophene rings is 1. The lowest BCUT2D eigenvalue weighted by Crippen LogP contribution is -2.36. The second kappa shape index (κ2) is 8.97. The van der Waals surface area contributed by atoms with Crippen LogP contribution in [0.5, 0.6) is 0 Å². The van der Waals surface area contributed by atoms with Gasteiger partial charge < -0.3 is 19.7 Å². The second-order valence-electron chi connectivity index (χ2n) is 4.98. The third kappa shape index (κ3) is 4.90. The Labute approximate surface area is 149 Å². The van der Waals surface area contributed by atoms with E-state index in [1.807, 2.05) is 0 Å². The first-order valence-electron chi connectivity index (χ1n) is 7.23. The van der Waals surface area contributed by atoms with E-state index < -0.39 is 17.8 Å². The summed E-state index contributed by atoms with van der Waals surface area (Å²) in [7, 11) is 2.42. The summed E-state index contributed by atoms with van der Waals surface area (Å²) in [6, 6.07) is 0. The number of amides is 2. The maximum atomic E-state index is 12.2. The summed E-state index contributed by atoms with van der Waals surface area (Å²) in [5.74, 6) is -2.11. The first kappa shape index (κ1) is 20.4. The minimum Gasteiger partial charge on any atom is -0.465 e. The normalized spacial score (nSPS) is 9.92. The van der Waals surface area contributed by atoms with Gasteiger partial charge in [0.25, 0.3) is 0 Å². The number of carbonyl (C=O) groups is 4. The number of esters is 2. The third-order valence-electron chi connectivity index (χ3n) is 3.29. The van der Waals surface area contributed by atoms with E-state index in [4.69, 9.17) is 4.74 Å². The molecule has 0 saturated heterocycles. The maximum Gasteiger partial charge on any atom is 0.348 e. The fourth-order valence-corrected chi connectivity index (χ4v) is 3.17. The first-order chi connectivity index (χ1) is 11.8. The van der Waals surface area contributed by atoms with E-state index in [2.05, 4.69) is 16.6 Å². The third-order valence-corrected chi connectivity index (χ3v) is 4.48. The highest BCUT2D eigenvalue weighted by atomic mass is 32.1. The fraction of sp³-hybridized carbons (Fsp3) is 0.375. The summed E-state index contributed by atoms with van der Waals surface area (Å²) in [5.41, 5.74) is 0.438. The van der Waals surface area contributed by atoms with Crippen molar-refractivity contribution in [1.29, 1.82) is 0 Å². The van der Waals surface area contributed by atoms with Gasteiger partial charge in [0, 0.05) is 13.5 Å². The van der Waals surface area contributed by atoms with Gasteiger partial charge in [0.15, 0.2) is 0 Å². The van der Waals surface area contributed by atoms with Gasteiger partial charge in [-0.1, -0.05) is 6.08 Å². The molecule has 0 aliphatic carbocycles. The van der Waals surface area contributed by atoms with Crippen molar-refractivity contribution in [2.45, 2.75) is 13.8 Å². The van der Waals surface area contributed by atoms with Gasteiger partial charge in [-0.3, -0.25) is 9.59 Å². The Hall–Kier alpha value is -2.68. The van der Waals surface area contributed by atoms with Gasteiger partial charge in [0.2, 0.25) is 11.8 Å². The molecule has 0 aromatic carbocycles. The molecule has 0 unspecified atom stereocenters. The van der Waals surface area contributed by atoms with Crippen molar-refractivity contribution in [3.05, 3.63) is 28.7 Å². The summed E-state index contributed by atoms with van der Waals surface area (Å²) in [4.78, 5) is 49.0. The minimum absolute atomic E-state index is 0.0827. The number of hydrogen-bond acceptors (Lipinski definition) is 7. The van der Waals surface area contributed by atoms with Crippen LogP contribution in [0, 0.1) is 6.92 Å². The number of carbonyl (C=O) groups excluding carboxylic acids is 4. The summed E-state index contributed by atoms with van der Waals surface area (Å²) >= 11 is 0.909. The predicted molar refractivity (Wildman–Crippen MR) is 92.8 cm³/mol. The van der Waals surface area contributed by atoms with Crippen LogP contribution in [0.25, 0.3) is 0 Å². The molecule has 0 fully saturated rings. The molecule has 1 aromatic rings. The maximum absolute atomic E-state index is 12.2. The molecule has 0 saturated carbocycles. The predicted octanol–water partition coefficient (Wildman–Crippen LogP) is 1.60. The number of anilines is 1. The quantitative estimate of drug-likeness (QED) is 0.579. The van der Waals surface area contributed by atoms with E-state index in [9.17, 15) is 19.2 Å². The van der Waals surface area contributed by atoms with Gasteiger partial charge in [0.05, 0.1) is 19.8 Å². The van der Waals surface area contributed by atoms with Crippen molar-refractivity contribution < 1.29 is 28.7 Å². The summed E-state index contributed by atoms with van der Waals surface area (Å²) < 4.78 is 9.38. The van der Waals surface area contributed by atoms with Crippen LogP contribution in [0.1, 0.15) is 32.5 Å².